The Bertz CT molecular complexity index is 1190. The molecule has 186 valence electrons. The molecule has 8 nitrogen and oxygen atoms in total. The average Bonchev–Trinajstić information content (AvgIpc) is 2.91. The zero-order valence-corrected chi connectivity index (χ0v) is 19.7. The van der Waals surface area contributed by atoms with Crippen LogP contribution in [0.3, 0.4) is 0 Å². The quantitative estimate of drug-likeness (QED) is 0.221. The lowest BCUT2D eigenvalue weighted by Gasteiger charge is -2.16. The van der Waals surface area contributed by atoms with Crippen LogP contribution in [-0.4, -0.2) is 30.3 Å². The van der Waals surface area contributed by atoms with Gasteiger partial charge in [0, 0.05) is 23.8 Å². The van der Waals surface area contributed by atoms with Crippen LogP contribution < -0.4 is 4.74 Å². The van der Waals surface area contributed by atoms with Gasteiger partial charge in [0.1, 0.15) is 25.6 Å². The van der Waals surface area contributed by atoms with Gasteiger partial charge in [0.2, 0.25) is 0 Å². The van der Waals surface area contributed by atoms with Crippen molar-refractivity contribution in [3.05, 3.63) is 104 Å². The van der Waals surface area contributed by atoms with Gasteiger partial charge in [0.15, 0.2) is 12.4 Å². The van der Waals surface area contributed by atoms with Crippen LogP contribution in [-0.2, 0) is 53.2 Å². The van der Waals surface area contributed by atoms with E-state index in [1.54, 1.807) is 36.4 Å². The van der Waals surface area contributed by atoms with E-state index in [2.05, 4.69) is 26.3 Å². The second-order valence-corrected chi connectivity index (χ2v) is 7.21. The molecule has 0 aliphatic rings. The molecule has 0 spiro atoms. The van der Waals surface area contributed by atoms with E-state index in [4.69, 9.17) is 18.9 Å². The Hall–Kier alpha value is -4.72. The summed E-state index contributed by atoms with van der Waals surface area (Å²) >= 11 is 0. The number of hydrogen-bond acceptors (Lipinski definition) is 8. The maximum atomic E-state index is 11.7. The van der Waals surface area contributed by atoms with Crippen LogP contribution in [0.2, 0.25) is 0 Å². The molecule has 0 aromatic heterocycles. The monoisotopic (exact) mass is 490 g/mol. The van der Waals surface area contributed by atoms with Crippen molar-refractivity contribution in [2.45, 2.75) is 19.8 Å². The van der Waals surface area contributed by atoms with Gasteiger partial charge in [0.25, 0.3) is 0 Å². The number of benzene rings is 2. The van der Waals surface area contributed by atoms with Crippen molar-refractivity contribution in [1.29, 1.82) is 0 Å². The number of hydrogen-bond donors (Lipinski definition) is 0. The first kappa shape index (κ1) is 27.5. The fourth-order valence-corrected chi connectivity index (χ4v) is 2.95. The van der Waals surface area contributed by atoms with Crippen LogP contribution in [0.5, 0.6) is 5.75 Å². The molecule has 0 saturated heterocycles. The minimum absolute atomic E-state index is 0.000821. The Kier molecular flexibility index (Phi) is 10.6. The Morgan fingerprint density at radius 1 is 0.667 bits per heavy atom. The van der Waals surface area contributed by atoms with E-state index >= 15 is 0 Å². The standard InChI is InChI=1S/C28H26O8/c1-5-23(29)18-33-25-14-20(10-11-21(25)16-35-27(31)7-3)24-12-9-19(15-34-26(30)6-2)13-22(24)17-36-28(32)8-4/h5-14H,1-4,15-18H2. The molecule has 0 N–H and O–H groups in total. The lowest BCUT2D eigenvalue weighted by molar-refractivity contribution is -0.139. The molecule has 36 heavy (non-hydrogen) atoms. The third-order valence-electron chi connectivity index (χ3n) is 4.77. The molecule has 0 bridgehead atoms. The van der Waals surface area contributed by atoms with E-state index < -0.39 is 17.9 Å². The van der Waals surface area contributed by atoms with Crippen molar-refractivity contribution in [3.8, 4) is 16.9 Å². The largest absolute Gasteiger partial charge is 0.485 e. The van der Waals surface area contributed by atoms with Crippen molar-refractivity contribution >= 4 is 23.7 Å². The highest BCUT2D eigenvalue weighted by atomic mass is 16.5. The van der Waals surface area contributed by atoms with Crippen molar-refractivity contribution < 1.29 is 38.1 Å². The van der Waals surface area contributed by atoms with Crippen molar-refractivity contribution in [1.82, 2.24) is 0 Å². The fraction of sp³-hybridized carbons (Fsp3) is 0.143. The van der Waals surface area contributed by atoms with Gasteiger partial charge in [-0.25, -0.2) is 14.4 Å². The summed E-state index contributed by atoms with van der Waals surface area (Å²) < 4.78 is 21.1. The second kappa shape index (κ2) is 13.9. The van der Waals surface area contributed by atoms with E-state index in [0.29, 0.717) is 33.6 Å². The summed E-state index contributed by atoms with van der Waals surface area (Å²) in [6.07, 6.45) is 4.30. The third kappa shape index (κ3) is 8.25. The van der Waals surface area contributed by atoms with Gasteiger partial charge in [0.05, 0.1) is 0 Å². The summed E-state index contributed by atoms with van der Waals surface area (Å²) in [5.41, 5.74) is 3.18. The number of esters is 3. The van der Waals surface area contributed by atoms with E-state index in [-0.39, 0.29) is 32.2 Å². The first-order chi connectivity index (χ1) is 17.3. The predicted octanol–water partition coefficient (Wildman–Crippen LogP) is 4.18. The van der Waals surface area contributed by atoms with E-state index in [1.165, 1.54) is 0 Å². The predicted molar refractivity (Wildman–Crippen MR) is 133 cm³/mol. The lowest BCUT2D eigenvalue weighted by atomic mass is 9.96. The van der Waals surface area contributed by atoms with Crippen molar-refractivity contribution in [2.24, 2.45) is 0 Å². The highest BCUT2D eigenvalue weighted by Gasteiger charge is 2.14. The lowest BCUT2D eigenvalue weighted by Crippen LogP contribution is -2.10. The number of carbonyl (C=O) groups excluding carboxylic acids is 4. The zero-order chi connectivity index (χ0) is 26.5. The molecule has 0 unspecified atom stereocenters. The maximum Gasteiger partial charge on any atom is 0.330 e. The van der Waals surface area contributed by atoms with Crippen LogP contribution in [0, 0.1) is 0 Å². The summed E-state index contributed by atoms with van der Waals surface area (Å²) in [5, 5.41) is 0. The fourth-order valence-electron chi connectivity index (χ4n) is 2.95. The molecule has 0 atom stereocenters. The summed E-state index contributed by atoms with van der Waals surface area (Å²) in [5.74, 6) is -1.79. The van der Waals surface area contributed by atoms with Gasteiger partial charge >= 0.3 is 17.9 Å². The van der Waals surface area contributed by atoms with Gasteiger partial charge in [-0.05, 0) is 40.5 Å². The SMILES string of the molecule is C=CC(=O)COc1cc(-c2ccc(COC(=O)C=C)cc2COC(=O)C=C)ccc1COC(=O)C=C. The molecule has 0 aliphatic heterocycles. The van der Waals surface area contributed by atoms with Gasteiger partial charge in [-0.3, -0.25) is 4.79 Å². The molecule has 0 aliphatic carbocycles. The minimum Gasteiger partial charge on any atom is -0.485 e. The smallest absolute Gasteiger partial charge is 0.330 e. The summed E-state index contributed by atoms with van der Waals surface area (Å²) in [4.78, 5) is 46.3. The Balaban J connectivity index is 2.46. The number of ketones is 1. The molecule has 0 heterocycles. The van der Waals surface area contributed by atoms with Gasteiger partial charge < -0.3 is 18.9 Å². The number of rotatable bonds is 14. The number of ether oxygens (including phenoxy) is 4. The van der Waals surface area contributed by atoms with E-state index in [0.717, 1.165) is 24.3 Å². The van der Waals surface area contributed by atoms with Gasteiger partial charge in [-0.2, -0.15) is 0 Å². The highest BCUT2D eigenvalue weighted by Crippen LogP contribution is 2.31. The van der Waals surface area contributed by atoms with E-state index in [9.17, 15) is 19.2 Å². The van der Waals surface area contributed by atoms with Crippen LogP contribution in [0.1, 0.15) is 16.7 Å². The molecule has 0 saturated carbocycles. The molecule has 0 radical (unpaired) electrons. The Labute approximate surface area is 209 Å². The van der Waals surface area contributed by atoms with Crippen LogP contribution in [0.25, 0.3) is 11.1 Å². The summed E-state index contributed by atoms with van der Waals surface area (Å²) in [7, 11) is 0. The first-order valence-electron chi connectivity index (χ1n) is 10.7. The molecular formula is C28H26O8. The molecule has 0 fully saturated rings. The van der Waals surface area contributed by atoms with Crippen molar-refractivity contribution in [2.75, 3.05) is 6.61 Å². The summed E-state index contributed by atoms with van der Waals surface area (Å²) in [6, 6.07) is 10.4. The molecule has 2 aromatic rings. The molecular weight excluding hydrogens is 464 g/mol. The molecule has 2 aromatic carbocycles. The molecule has 2 rings (SSSR count). The van der Waals surface area contributed by atoms with Gasteiger partial charge in [-0.1, -0.05) is 50.6 Å². The van der Waals surface area contributed by atoms with Crippen LogP contribution in [0.15, 0.2) is 87.0 Å². The number of carbonyl (C=O) groups is 4. The molecule has 8 heteroatoms. The topological polar surface area (TPSA) is 105 Å². The molecule has 0 amide bonds. The third-order valence-corrected chi connectivity index (χ3v) is 4.77. The van der Waals surface area contributed by atoms with E-state index in [1.807, 2.05) is 0 Å². The zero-order valence-electron chi connectivity index (χ0n) is 19.7. The minimum atomic E-state index is -0.605. The van der Waals surface area contributed by atoms with Crippen LogP contribution in [0.4, 0.5) is 0 Å². The van der Waals surface area contributed by atoms with Crippen molar-refractivity contribution in [3.63, 3.8) is 0 Å². The second-order valence-electron chi connectivity index (χ2n) is 7.21. The Morgan fingerprint density at radius 2 is 1.25 bits per heavy atom. The van der Waals surface area contributed by atoms with Gasteiger partial charge in [-0.15, -0.1) is 0 Å². The summed E-state index contributed by atoms with van der Waals surface area (Å²) in [6.45, 7) is 13.1. The first-order valence-corrected chi connectivity index (χ1v) is 10.7. The van der Waals surface area contributed by atoms with Crippen LogP contribution >= 0.6 is 0 Å². The maximum absolute atomic E-state index is 11.7. The average molecular weight is 491 g/mol. The normalized spacial score (nSPS) is 9.89. The highest BCUT2D eigenvalue weighted by molar-refractivity contribution is 5.90. The Morgan fingerprint density at radius 3 is 1.83 bits per heavy atom.